The van der Waals surface area contributed by atoms with Gasteiger partial charge in [-0.15, -0.1) is 0 Å². The fraction of sp³-hybridized carbons (Fsp3) is 0.823. The van der Waals surface area contributed by atoms with Gasteiger partial charge in [0.15, 0.2) is 6.10 Å². The van der Waals surface area contributed by atoms with Gasteiger partial charge in [-0.3, -0.25) is 14.4 Å². The van der Waals surface area contributed by atoms with Crippen molar-refractivity contribution in [2.24, 2.45) is 0 Å². The SMILES string of the molecule is CC/C=C\C/C=C\C/C=C\C/C=C\CCCCC(=O)OC[C@H](COC(=O)CCCCCCCCCCCCCCCCCCCC)OC(=O)CCCCCCCCCCCCCCCCCCC. The standard InChI is InChI=1S/C62H112O6/c1-4-7-10-13-16-19-22-25-28-30-32-34-37-40-43-46-49-52-55-61(64)67-58-59(57-66-60(63)54-51-48-45-42-39-36-33-27-24-21-18-15-12-9-6-3)68-62(65)56-53-50-47-44-41-38-35-31-29-26-23-20-17-14-11-8-5-2/h9,12,18,21,27,33,39,42,59H,4-8,10-11,13-17,19-20,22-26,28-32,34-38,40-41,43-58H2,1-3H3/b12-9-,21-18-,33-27-,42-39-/t59-/m1/s1. The molecule has 68 heavy (non-hydrogen) atoms. The predicted molar refractivity (Wildman–Crippen MR) is 293 cm³/mol. The number of esters is 3. The number of hydrogen-bond donors (Lipinski definition) is 0. The van der Waals surface area contributed by atoms with Crippen molar-refractivity contribution < 1.29 is 28.6 Å². The van der Waals surface area contributed by atoms with Crippen molar-refractivity contribution in [2.75, 3.05) is 13.2 Å². The Hall–Kier alpha value is -2.63. The molecule has 0 aliphatic carbocycles. The van der Waals surface area contributed by atoms with Gasteiger partial charge in [-0.25, -0.2) is 0 Å². The van der Waals surface area contributed by atoms with E-state index in [1.54, 1.807) is 0 Å². The molecule has 0 bridgehead atoms. The number of unbranched alkanes of at least 4 members (excludes halogenated alkanes) is 35. The molecule has 0 radical (unpaired) electrons. The Morgan fingerprint density at radius 3 is 0.897 bits per heavy atom. The van der Waals surface area contributed by atoms with Gasteiger partial charge in [0.1, 0.15) is 13.2 Å². The third-order valence-corrected chi connectivity index (χ3v) is 13.1. The molecule has 0 N–H and O–H groups in total. The highest BCUT2D eigenvalue weighted by molar-refractivity contribution is 5.71. The van der Waals surface area contributed by atoms with Crippen LogP contribution in [0.25, 0.3) is 0 Å². The summed E-state index contributed by atoms with van der Waals surface area (Å²) >= 11 is 0. The Morgan fingerprint density at radius 2 is 0.574 bits per heavy atom. The lowest BCUT2D eigenvalue weighted by molar-refractivity contribution is -0.167. The lowest BCUT2D eigenvalue weighted by Gasteiger charge is -2.18. The maximum Gasteiger partial charge on any atom is 0.306 e. The lowest BCUT2D eigenvalue weighted by Crippen LogP contribution is -2.30. The Bertz CT molecular complexity index is 1190. The van der Waals surface area contributed by atoms with Gasteiger partial charge in [-0.05, 0) is 57.8 Å². The number of rotatable bonds is 54. The van der Waals surface area contributed by atoms with E-state index in [4.69, 9.17) is 14.2 Å². The van der Waals surface area contributed by atoms with Crippen LogP contribution < -0.4 is 0 Å². The van der Waals surface area contributed by atoms with Crippen LogP contribution >= 0.6 is 0 Å². The van der Waals surface area contributed by atoms with E-state index in [1.807, 2.05) is 0 Å². The molecule has 0 rings (SSSR count). The molecule has 0 aromatic heterocycles. The summed E-state index contributed by atoms with van der Waals surface area (Å²) in [6.07, 6.45) is 69.7. The zero-order chi connectivity index (χ0) is 49.3. The van der Waals surface area contributed by atoms with Crippen LogP contribution in [0.5, 0.6) is 0 Å². The lowest BCUT2D eigenvalue weighted by atomic mass is 10.0. The first-order valence-electron chi connectivity index (χ1n) is 29.6. The Labute approximate surface area is 422 Å². The largest absolute Gasteiger partial charge is 0.462 e. The van der Waals surface area contributed by atoms with E-state index in [2.05, 4.69) is 69.4 Å². The first-order chi connectivity index (χ1) is 33.5. The molecule has 0 saturated carbocycles. The van der Waals surface area contributed by atoms with E-state index in [0.29, 0.717) is 19.3 Å². The maximum absolute atomic E-state index is 12.9. The second kappa shape index (κ2) is 57.0. The van der Waals surface area contributed by atoms with Crippen LogP contribution in [0.15, 0.2) is 48.6 Å². The molecule has 0 heterocycles. The summed E-state index contributed by atoms with van der Waals surface area (Å²) in [5, 5.41) is 0. The normalized spacial score (nSPS) is 12.3. The van der Waals surface area contributed by atoms with Gasteiger partial charge in [-0.1, -0.05) is 281 Å². The van der Waals surface area contributed by atoms with Gasteiger partial charge in [0, 0.05) is 19.3 Å². The topological polar surface area (TPSA) is 78.9 Å². The average molecular weight is 954 g/mol. The minimum Gasteiger partial charge on any atom is -0.462 e. The van der Waals surface area contributed by atoms with Crippen molar-refractivity contribution in [3.05, 3.63) is 48.6 Å². The van der Waals surface area contributed by atoms with Crippen molar-refractivity contribution in [2.45, 2.75) is 316 Å². The van der Waals surface area contributed by atoms with Crippen molar-refractivity contribution in [3.63, 3.8) is 0 Å². The van der Waals surface area contributed by atoms with Crippen LogP contribution in [-0.4, -0.2) is 37.2 Å². The summed E-state index contributed by atoms with van der Waals surface area (Å²) in [6.45, 7) is 6.54. The molecule has 0 unspecified atom stereocenters. The highest BCUT2D eigenvalue weighted by Gasteiger charge is 2.19. The molecule has 396 valence electrons. The Morgan fingerprint density at radius 1 is 0.309 bits per heavy atom. The minimum atomic E-state index is -0.786. The molecule has 0 aromatic carbocycles. The molecule has 0 spiro atoms. The fourth-order valence-corrected chi connectivity index (χ4v) is 8.67. The highest BCUT2D eigenvalue weighted by atomic mass is 16.6. The van der Waals surface area contributed by atoms with Gasteiger partial charge in [0.05, 0.1) is 0 Å². The van der Waals surface area contributed by atoms with E-state index < -0.39 is 6.10 Å². The Kier molecular flexibility index (Phi) is 54.8. The third kappa shape index (κ3) is 54.3. The summed E-state index contributed by atoms with van der Waals surface area (Å²) in [7, 11) is 0. The average Bonchev–Trinajstić information content (AvgIpc) is 3.34. The van der Waals surface area contributed by atoms with Gasteiger partial charge in [0.2, 0.25) is 0 Å². The number of allylic oxidation sites excluding steroid dienone is 8. The van der Waals surface area contributed by atoms with Crippen LogP contribution in [0.3, 0.4) is 0 Å². The van der Waals surface area contributed by atoms with Crippen molar-refractivity contribution >= 4 is 17.9 Å². The summed E-state index contributed by atoms with van der Waals surface area (Å²) in [5.74, 6) is -0.906. The first-order valence-corrected chi connectivity index (χ1v) is 29.6. The van der Waals surface area contributed by atoms with Crippen LogP contribution in [0.2, 0.25) is 0 Å². The second-order valence-corrected chi connectivity index (χ2v) is 19.9. The van der Waals surface area contributed by atoms with Crippen molar-refractivity contribution in [1.82, 2.24) is 0 Å². The maximum atomic E-state index is 12.9. The molecule has 6 nitrogen and oxygen atoms in total. The molecule has 0 aliphatic heterocycles. The predicted octanol–water partition coefficient (Wildman–Crippen LogP) is 19.8. The quantitative estimate of drug-likeness (QED) is 0.0262. The molecule has 0 aliphatic rings. The molecule has 0 saturated heterocycles. The Balaban J connectivity index is 4.37. The zero-order valence-corrected chi connectivity index (χ0v) is 45.4. The summed E-state index contributed by atoms with van der Waals surface area (Å²) < 4.78 is 16.9. The summed E-state index contributed by atoms with van der Waals surface area (Å²) in [6, 6.07) is 0. The van der Waals surface area contributed by atoms with E-state index >= 15 is 0 Å². The zero-order valence-electron chi connectivity index (χ0n) is 45.4. The van der Waals surface area contributed by atoms with Crippen LogP contribution in [0.4, 0.5) is 0 Å². The van der Waals surface area contributed by atoms with Gasteiger partial charge >= 0.3 is 17.9 Å². The number of ether oxygens (including phenoxy) is 3. The summed E-state index contributed by atoms with van der Waals surface area (Å²) in [5.41, 5.74) is 0. The highest BCUT2D eigenvalue weighted by Crippen LogP contribution is 2.17. The van der Waals surface area contributed by atoms with Crippen molar-refractivity contribution in [3.8, 4) is 0 Å². The summed E-state index contributed by atoms with van der Waals surface area (Å²) in [4.78, 5) is 38.2. The number of carbonyl (C=O) groups is 3. The van der Waals surface area contributed by atoms with Crippen LogP contribution in [0, 0.1) is 0 Å². The monoisotopic (exact) mass is 953 g/mol. The molecule has 6 heteroatoms. The minimum absolute atomic E-state index is 0.0816. The number of hydrogen-bond acceptors (Lipinski definition) is 6. The molecular weight excluding hydrogens is 841 g/mol. The molecular formula is C62H112O6. The molecule has 0 amide bonds. The van der Waals surface area contributed by atoms with Gasteiger partial charge < -0.3 is 14.2 Å². The van der Waals surface area contributed by atoms with Gasteiger partial charge in [0.25, 0.3) is 0 Å². The number of carbonyl (C=O) groups excluding carboxylic acids is 3. The smallest absolute Gasteiger partial charge is 0.306 e. The van der Waals surface area contributed by atoms with Crippen LogP contribution in [-0.2, 0) is 28.6 Å². The fourth-order valence-electron chi connectivity index (χ4n) is 8.67. The molecule has 1 atom stereocenters. The molecule has 0 fully saturated rings. The van der Waals surface area contributed by atoms with E-state index in [0.717, 1.165) is 83.5 Å². The van der Waals surface area contributed by atoms with E-state index in [-0.39, 0.29) is 31.1 Å². The molecule has 0 aromatic rings. The van der Waals surface area contributed by atoms with E-state index in [1.165, 1.54) is 186 Å². The third-order valence-electron chi connectivity index (χ3n) is 13.1. The van der Waals surface area contributed by atoms with Crippen LogP contribution in [0.1, 0.15) is 310 Å². The first kappa shape index (κ1) is 65.4. The second-order valence-electron chi connectivity index (χ2n) is 19.9. The van der Waals surface area contributed by atoms with Gasteiger partial charge in [-0.2, -0.15) is 0 Å². The van der Waals surface area contributed by atoms with E-state index in [9.17, 15) is 14.4 Å². The van der Waals surface area contributed by atoms with Crippen molar-refractivity contribution in [1.29, 1.82) is 0 Å².